The summed E-state index contributed by atoms with van der Waals surface area (Å²) in [4.78, 5) is 4.29. The monoisotopic (exact) mass is 344 g/mol. The van der Waals surface area contributed by atoms with Gasteiger partial charge in [-0.1, -0.05) is 30.7 Å². The zero-order chi connectivity index (χ0) is 16.9. The average molecular weight is 345 g/mol. The average Bonchev–Trinajstić information content (AvgIpc) is 3.06. The van der Waals surface area contributed by atoms with Gasteiger partial charge in [-0.25, -0.2) is 9.37 Å². The van der Waals surface area contributed by atoms with Crippen molar-refractivity contribution in [3.05, 3.63) is 77.0 Å². The van der Waals surface area contributed by atoms with E-state index in [1.165, 1.54) is 17.7 Å². The second-order valence-corrected chi connectivity index (χ2v) is 5.95. The van der Waals surface area contributed by atoms with Gasteiger partial charge in [-0.2, -0.15) is 0 Å². The van der Waals surface area contributed by atoms with Crippen LogP contribution in [0.25, 0.3) is 11.3 Å². The van der Waals surface area contributed by atoms with Crippen molar-refractivity contribution in [2.24, 2.45) is 0 Å². The molecule has 5 heteroatoms. The third-order valence-electron chi connectivity index (χ3n) is 3.86. The van der Waals surface area contributed by atoms with Crippen LogP contribution in [-0.4, -0.2) is 4.98 Å². The fourth-order valence-electron chi connectivity index (χ4n) is 2.54. The van der Waals surface area contributed by atoms with Crippen LogP contribution >= 0.6 is 11.6 Å². The van der Waals surface area contributed by atoms with Crippen molar-refractivity contribution >= 4 is 11.6 Å². The number of nitrogens with one attached hydrogen (secondary N) is 1. The number of aromatic nitrogens is 1. The first kappa shape index (κ1) is 16.7. The molecule has 124 valence electrons. The lowest BCUT2D eigenvalue weighted by Crippen LogP contribution is -2.20. The number of hydrogen-bond donors (Lipinski definition) is 1. The van der Waals surface area contributed by atoms with E-state index < -0.39 is 0 Å². The topological polar surface area (TPSA) is 38.1 Å². The molecule has 0 bridgehead atoms. The van der Waals surface area contributed by atoms with Gasteiger partial charge in [0.25, 0.3) is 0 Å². The van der Waals surface area contributed by atoms with E-state index in [-0.39, 0.29) is 11.9 Å². The normalized spacial score (nSPS) is 12.3. The van der Waals surface area contributed by atoms with E-state index in [1.54, 1.807) is 18.3 Å². The van der Waals surface area contributed by atoms with Crippen molar-refractivity contribution < 1.29 is 8.81 Å². The molecule has 0 fully saturated rings. The van der Waals surface area contributed by atoms with E-state index in [9.17, 15) is 4.39 Å². The van der Waals surface area contributed by atoms with E-state index in [4.69, 9.17) is 16.0 Å². The molecule has 0 spiro atoms. The first-order chi connectivity index (χ1) is 11.7. The molecular formula is C19H18ClFN2O. The Labute approximate surface area is 145 Å². The number of benzene rings is 2. The van der Waals surface area contributed by atoms with E-state index in [0.717, 1.165) is 17.0 Å². The van der Waals surface area contributed by atoms with E-state index in [0.29, 0.717) is 18.2 Å². The molecule has 24 heavy (non-hydrogen) atoms. The Kier molecular flexibility index (Phi) is 5.28. The highest BCUT2D eigenvalue weighted by molar-refractivity contribution is 6.30. The molecule has 1 unspecified atom stereocenters. The SMILES string of the molecule is CCC(NCc1ncc(-c2ccc(F)cc2)o1)c1ccc(Cl)cc1. The molecule has 1 aromatic heterocycles. The van der Waals surface area contributed by atoms with Gasteiger partial charge >= 0.3 is 0 Å². The maximum absolute atomic E-state index is 13.0. The predicted molar refractivity (Wildman–Crippen MR) is 93.2 cm³/mol. The molecule has 3 nitrogen and oxygen atoms in total. The Morgan fingerprint density at radius 3 is 2.50 bits per heavy atom. The fourth-order valence-corrected chi connectivity index (χ4v) is 2.67. The van der Waals surface area contributed by atoms with Crippen molar-refractivity contribution in [2.75, 3.05) is 0 Å². The lowest BCUT2D eigenvalue weighted by Gasteiger charge is -2.16. The lowest BCUT2D eigenvalue weighted by molar-refractivity contribution is 0.437. The van der Waals surface area contributed by atoms with Crippen LogP contribution in [0, 0.1) is 5.82 Å². The Morgan fingerprint density at radius 1 is 1.12 bits per heavy atom. The Hall–Kier alpha value is -2.17. The summed E-state index contributed by atoms with van der Waals surface area (Å²) in [7, 11) is 0. The third kappa shape index (κ3) is 4.02. The van der Waals surface area contributed by atoms with E-state index in [2.05, 4.69) is 17.2 Å². The highest BCUT2D eigenvalue weighted by Gasteiger charge is 2.11. The molecule has 1 heterocycles. The summed E-state index contributed by atoms with van der Waals surface area (Å²) in [6, 6.07) is 14.2. The molecule has 1 N–H and O–H groups in total. The predicted octanol–water partition coefficient (Wildman–Crippen LogP) is 5.38. The van der Waals surface area contributed by atoms with Crippen LogP contribution in [-0.2, 0) is 6.54 Å². The zero-order valence-electron chi connectivity index (χ0n) is 13.3. The molecule has 0 aliphatic rings. The summed E-state index contributed by atoms with van der Waals surface area (Å²) in [5, 5.41) is 4.16. The van der Waals surface area contributed by atoms with Crippen molar-refractivity contribution in [3.8, 4) is 11.3 Å². The molecule has 0 saturated carbocycles. The Morgan fingerprint density at radius 2 is 1.83 bits per heavy atom. The highest BCUT2D eigenvalue weighted by atomic mass is 35.5. The zero-order valence-corrected chi connectivity index (χ0v) is 14.1. The van der Waals surface area contributed by atoms with Gasteiger partial charge in [0.1, 0.15) is 5.82 Å². The van der Waals surface area contributed by atoms with Gasteiger partial charge in [-0.15, -0.1) is 0 Å². The van der Waals surface area contributed by atoms with Gasteiger partial charge in [0, 0.05) is 16.6 Å². The van der Waals surface area contributed by atoms with Crippen molar-refractivity contribution in [1.82, 2.24) is 10.3 Å². The Balaban J connectivity index is 1.65. The van der Waals surface area contributed by atoms with Gasteiger partial charge in [-0.3, -0.25) is 0 Å². The molecule has 0 amide bonds. The molecule has 0 aliphatic heterocycles. The summed E-state index contributed by atoms with van der Waals surface area (Å²) in [5.74, 6) is 0.960. The standard InChI is InChI=1S/C19H18ClFN2O/c1-2-17(13-3-7-15(20)8-4-13)22-12-19-23-11-18(24-19)14-5-9-16(21)10-6-14/h3-11,17,22H,2,12H2,1H3. The van der Waals surface area contributed by atoms with E-state index in [1.807, 2.05) is 24.3 Å². The maximum atomic E-state index is 13.0. The summed E-state index contributed by atoms with van der Waals surface area (Å²) in [6.45, 7) is 2.63. The van der Waals surface area contributed by atoms with Gasteiger partial charge in [0.15, 0.2) is 5.76 Å². The number of rotatable bonds is 6. The molecule has 1 atom stereocenters. The number of hydrogen-bond acceptors (Lipinski definition) is 3. The first-order valence-corrected chi connectivity index (χ1v) is 8.23. The van der Waals surface area contributed by atoms with E-state index >= 15 is 0 Å². The second kappa shape index (κ2) is 7.60. The summed E-state index contributed by atoms with van der Waals surface area (Å²) < 4.78 is 18.7. The van der Waals surface area contributed by atoms with Crippen molar-refractivity contribution in [2.45, 2.75) is 25.9 Å². The molecule has 3 aromatic rings. The van der Waals surface area contributed by atoms with Crippen LogP contribution in [0.4, 0.5) is 4.39 Å². The van der Waals surface area contributed by atoms with Crippen LogP contribution in [0.3, 0.4) is 0 Å². The van der Waals surface area contributed by atoms with Crippen molar-refractivity contribution in [1.29, 1.82) is 0 Å². The fraction of sp³-hybridized carbons (Fsp3) is 0.211. The summed E-state index contributed by atoms with van der Waals surface area (Å²) in [5.41, 5.74) is 1.98. The lowest BCUT2D eigenvalue weighted by atomic mass is 10.0. The van der Waals surface area contributed by atoms with Gasteiger partial charge in [0.05, 0.1) is 12.7 Å². The molecule has 0 saturated heterocycles. The van der Waals surface area contributed by atoms with Crippen LogP contribution < -0.4 is 5.32 Å². The van der Waals surface area contributed by atoms with Crippen LogP contribution in [0.1, 0.15) is 30.8 Å². The number of oxazole rings is 1. The third-order valence-corrected chi connectivity index (χ3v) is 4.11. The minimum absolute atomic E-state index is 0.198. The minimum Gasteiger partial charge on any atom is -0.439 e. The van der Waals surface area contributed by atoms with Gasteiger partial charge in [0.2, 0.25) is 5.89 Å². The molecule has 3 rings (SSSR count). The van der Waals surface area contributed by atoms with Crippen LogP contribution in [0.2, 0.25) is 5.02 Å². The number of nitrogens with zero attached hydrogens (tertiary/aromatic N) is 1. The van der Waals surface area contributed by atoms with Gasteiger partial charge < -0.3 is 9.73 Å². The molecule has 0 aliphatic carbocycles. The largest absolute Gasteiger partial charge is 0.439 e. The van der Waals surface area contributed by atoms with Crippen molar-refractivity contribution in [3.63, 3.8) is 0 Å². The first-order valence-electron chi connectivity index (χ1n) is 7.85. The highest BCUT2D eigenvalue weighted by Crippen LogP contribution is 2.22. The summed E-state index contributed by atoms with van der Waals surface area (Å²) >= 11 is 5.93. The molecule has 2 aromatic carbocycles. The molecule has 0 radical (unpaired) electrons. The Bertz CT molecular complexity index is 784. The quantitative estimate of drug-likeness (QED) is 0.652. The number of halogens is 2. The van der Waals surface area contributed by atoms with Crippen LogP contribution in [0.15, 0.2) is 59.1 Å². The van der Waals surface area contributed by atoms with Gasteiger partial charge in [-0.05, 0) is 48.4 Å². The van der Waals surface area contributed by atoms with Crippen LogP contribution in [0.5, 0.6) is 0 Å². The molecular weight excluding hydrogens is 327 g/mol. The minimum atomic E-state index is -0.270. The summed E-state index contributed by atoms with van der Waals surface area (Å²) in [6.07, 6.45) is 2.60. The smallest absolute Gasteiger partial charge is 0.208 e. The maximum Gasteiger partial charge on any atom is 0.208 e. The second-order valence-electron chi connectivity index (χ2n) is 5.52.